The highest BCUT2D eigenvalue weighted by Crippen LogP contribution is 2.19. The van der Waals surface area contributed by atoms with Gasteiger partial charge in [-0.05, 0) is 36.4 Å². The molecular weight excluding hydrogens is 354 g/mol. The third-order valence-electron chi connectivity index (χ3n) is 3.71. The van der Waals surface area contributed by atoms with Crippen molar-refractivity contribution in [3.8, 4) is 0 Å². The summed E-state index contributed by atoms with van der Waals surface area (Å²) < 4.78 is 25.2. The van der Waals surface area contributed by atoms with Crippen LogP contribution in [0, 0.1) is 0 Å². The van der Waals surface area contributed by atoms with E-state index in [0.717, 1.165) is 4.31 Å². The number of benzene rings is 2. The number of anilines is 1. The lowest BCUT2D eigenvalue weighted by atomic mass is 10.1. The molecule has 0 unspecified atom stereocenters. The van der Waals surface area contributed by atoms with Crippen molar-refractivity contribution >= 4 is 27.5 Å². The number of hydrogen-bond donors (Lipinski definition) is 1. The Balaban J connectivity index is 2.26. The van der Waals surface area contributed by atoms with Gasteiger partial charge in [0.05, 0.1) is 16.1 Å². The fourth-order valence-electron chi connectivity index (χ4n) is 2.20. The van der Waals surface area contributed by atoms with Gasteiger partial charge in [-0.15, -0.1) is 0 Å². The van der Waals surface area contributed by atoms with Crippen LogP contribution >= 0.6 is 0 Å². The van der Waals surface area contributed by atoms with E-state index in [9.17, 15) is 18.0 Å². The minimum atomic E-state index is -3.55. The summed E-state index contributed by atoms with van der Waals surface area (Å²) in [5, 5.41) is 2.70. The summed E-state index contributed by atoms with van der Waals surface area (Å²) >= 11 is 0. The standard InChI is InChI=1S/C18H21N3O4S/c1-20(2)18(23)15-7-5-6-8-16(15)19-17(22)13-9-11-14(12-10-13)26(24,25)21(3)4/h5-12H,1-4H3,(H,19,22). The number of amides is 2. The third-order valence-corrected chi connectivity index (χ3v) is 5.54. The van der Waals surface area contributed by atoms with Crippen LogP contribution in [0.3, 0.4) is 0 Å². The van der Waals surface area contributed by atoms with Gasteiger partial charge in [-0.25, -0.2) is 12.7 Å². The second kappa shape index (κ2) is 7.67. The predicted octanol–water partition coefficient (Wildman–Crippen LogP) is 1.89. The fourth-order valence-corrected chi connectivity index (χ4v) is 3.10. The molecule has 0 radical (unpaired) electrons. The molecule has 2 aromatic rings. The highest BCUT2D eigenvalue weighted by Gasteiger charge is 2.18. The molecule has 7 nitrogen and oxygen atoms in total. The van der Waals surface area contributed by atoms with E-state index in [4.69, 9.17) is 0 Å². The van der Waals surface area contributed by atoms with Crippen molar-refractivity contribution in [1.82, 2.24) is 9.21 Å². The maximum absolute atomic E-state index is 12.5. The molecule has 0 aliphatic heterocycles. The number of nitrogens with zero attached hydrogens (tertiary/aromatic N) is 2. The summed E-state index contributed by atoms with van der Waals surface area (Å²) in [5.74, 6) is -0.661. The van der Waals surface area contributed by atoms with Gasteiger partial charge in [0, 0.05) is 33.8 Å². The number of sulfonamides is 1. The number of para-hydroxylation sites is 1. The smallest absolute Gasteiger partial charge is 0.255 e. The van der Waals surface area contributed by atoms with E-state index >= 15 is 0 Å². The van der Waals surface area contributed by atoms with Crippen LogP contribution in [0.4, 0.5) is 5.69 Å². The van der Waals surface area contributed by atoms with Gasteiger partial charge in [0.15, 0.2) is 0 Å². The van der Waals surface area contributed by atoms with Crippen molar-refractivity contribution in [1.29, 1.82) is 0 Å². The molecule has 0 fully saturated rings. The van der Waals surface area contributed by atoms with Crippen LogP contribution in [0.5, 0.6) is 0 Å². The van der Waals surface area contributed by atoms with E-state index in [1.807, 2.05) is 0 Å². The van der Waals surface area contributed by atoms with Crippen LogP contribution in [0.1, 0.15) is 20.7 Å². The first-order valence-electron chi connectivity index (χ1n) is 7.79. The van der Waals surface area contributed by atoms with E-state index in [-0.39, 0.29) is 16.4 Å². The first kappa shape index (κ1) is 19.6. The number of carbonyl (C=O) groups excluding carboxylic acids is 2. The molecule has 138 valence electrons. The van der Waals surface area contributed by atoms with E-state index in [1.165, 1.54) is 43.3 Å². The average Bonchev–Trinajstić information content (AvgIpc) is 2.61. The summed E-state index contributed by atoms with van der Waals surface area (Å²) in [6, 6.07) is 12.3. The Morgan fingerprint density at radius 3 is 2.00 bits per heavy atom. The predicted molar refractivity (Wildman–Crippen MR) is 99.7 cm³/mol. The molecule has 2 amide bonds. The number of carbonyl (C=O) groups is 2. The summed E-state index contributed by atoms with van der Waals surface area (Å²) in [4.78, 5) is 26.2. The van der Waals surface area contributed by atoms with Gasteiger partial charge >= 0.3 is 0 Å². The third kappa shape index (κ3) is 4.09. The van der Waals surface area contributed by atoms with Crippen molar-refractivity contribution in [3.63, 3.8) is 0 Å². The van der Waals surface area contributed by atoms with Gasteiger partial charge in [-0.3, -0.25) is 9.59 Å². The number of hydrogen-bond acceptors (Lipinski definition) is 4. The van der Waals surface area contributed by atoms with E-state index in [2.05, 4.69) is 5.32 Å². The molecule has 26 heavy (non-hydrogen) atoms. The zero-order valence-electron chi connectivity index (χ0n) is 15.1. The van der Waals surface area contributed by atoms with Crippen molar-refractivity contribution in [3.05, 3.63) is 59.7 Å². The zero-order valence-corrected chi connectivity index (χ0v) is 15.9. The second-order valence-corrected chi connectivity index (χ2v) is 8.16. The van der Waals surface area contributed by atoms with Crippen molar-refractivity contribution < 1.29 is 18.0 Å². The molecule has 2 rings (SSSR count). The first-order valence-corrected chi connectivity index (χ1v) is 9.23. The van der Waals surface area contributed by atoms with Gasteiger partial charge in [0.2, 0.25) is 10.0 Å². The molecule has 2 aromatic carbocycles. The number of rotatable bonds is 5. The summed E-state index contributed by atoms with van der Waals surface area (Å²) in [7, 11) is 2.58. The minimum Gasteiger partial charge on any atom is -0.345 e. The van der Waals surface area contributed by atoms with Gasteiger partial charge in [-0.2, -0.15) is 0 Å². The first-order chi connectivity index (χ1) is 12.1. The topological polar surface area (TPSA) is 86.8 Å². The average molecular weight is 375 g/mol. The zero-order chi connectivity index (χ0) is 19.5. The summed E-state index contributed by atoms with van der Waals surface area (Å²) in [5.41, 5.74) is 1.05. The maximum Gasteiger partial charge on any atom is 0.255 e. The molecule has 8 heteroatoms. The quantitative estimate of drug-likeness (QED) is 0.865. The van der Waals surface area contributed by atoms with Crippen molar-refractivity contribution in [2.24, 2.45) is 0 Å². The lowest BCUT2D eigenvalue weighted by Crippen LogP contribution is -2.24. The van der Waals surface area contributed by atoms with E-state index < -0.39 is 15.9 Å². The maximum atomic E-state index is 12.5. The molecule has 1 N–H and O–H groups in total. The van der Waals surface area contributed by atoms with Crippen LogP contribution in [0.2, 0.25) is 0 Å². The Bertz CT molecular complexity index is 920. The molecule has 0 saturated heterocycles. The molecule has 0 aromatic heterocycles. The van der Waals surface area contributed by atoms with Crippen molar-refractivity contribution in [2.45, 2.75) is 4.90 Å². The van der Waals surface area contributed by atoms with Gasteiger partial charge in [0.25, 0.3) is 11.8 Å². The van der Waals surface area contributed by atoms with Crippen LogP contribution in [-0.4, -0.2) is 57.6 Å². The molecule has 0 aliphatic rings. The lowest BCUT2D eigenvalue weighted by molar-refractivity contribution is 0.0828. The minimum absolute atomic E-state index is 0.0993. The monoisotopic (exact) mass is 375 g/mol. The largest absolute Gasteiger partial charge is 0.345 e. The molecule has 0 atom stereocenters. The van der Waals surface area contributed by atoms with E-state index in [1.54, 1.807) is 38.4 Å². The second-order valence-electron chi connectivity index (χ2n) is 6.01. The van der Waals surface area contributed by atoms with Crippen LogP contribution in [0.15, 0.2) is 53.4 Å². The molecule has 0 aliphatic carbocycles. The summed E-state index contributed by atoms with van der Waals surface area (Å²) in [6.45, 7) is 0. The Kier molecular flexibility index (Phi) is 5.79. The summed E-state index contributed by atoms with van der Waals surface area (Å²) in [6.07, 6.45) is 0. The fraction of sp³-hybridized carbons (Fsp3) is 0.222. The van der Waals surface area contributed by atoms with E-state index in [0.29, 0.717) is 11.3 Å². The molecule has 0 bridgehead atoms. The van der Waals surface area contributed by atoms with Gasteiger partial charge in [0.1, 0.15) is 0 Å². The molecular formula is C18H21N3O4S. The Morgan fingerprint density at radius 2 is 1.46 bits per heavy atom. The Hall–Kier alpha value is -2.71. The Labute approximate surface area is 153 Å². The van der Waals surface area contributed by atoms with Crippen molar-refractivity contribution in [2.75, 3.05) is 33.5 Å². The lowest BCUT2D eigenvalue weighted by Gasteiger charge is -2.15. The SMILES string of the molecule is CN(C)C(=O)c1ccccc1NC(=O)c1ccc(S(=O)(=O)N(C)C)cc1. The molecule has 0 saturated carbocycles. The molecule has 0 heterocycles. The van der Waals surface area contributed by atoms with Crippen LogP contribution in [-0.2, 0) is 10.0 Å². The normalized spacial score (nSPS) is 11.3. The van der Waals surface area contributed by atoms with Gasteiger partial charge in [-0.1, -0.05) is 12.1 Å². The highest BCUT2D eigenvalue weighted by atomic mass is 32.2. The number of nitrogens with one attached hydrogen (secondary N) is 1. The molecule has 0 spiro atoms. The highest BCUT2D eigenvalue weighted by molar-refractivity contribution is 7.89. The van der Waals surface area contributed by atoms with Crippen LogP contribution in [0.25, 0.3) is 0 Å². The Morgan fingerprint density at radius 1 is 0.885 bits per heavy atom. The van der Waals surface area contributed by atoms with Gasteiger partial charge < -0.3 is 10.2 Å². The van der Waals surface area contributed by atoms with Crippen LogP contribution < -0.4 is 5.32 Å².